The largest absolute Gasteiger partial charge is 0.480 e. The number of aliphatic carboxylic acids is 1. The maximum atomic E-state index is 12.1. The lowest BCUT2D eigenvalue weighted by Gasteiger charge is -2.23. The van der Waals surface area contributed by atoms with Crippen molar-refractivity contribution in [1.82, 2.24) is 4.90 Å². The van der Waals surface area contributed by atoms with Crippen LogP contribution in [0.2, 0.25) is 0 Å². The summed E-state index contributed by atoms with van der Waals surface area (Å²) in [6.07, 6.45) is 0.719. The fraction of sp³-hybridized carbons (Fsp3) is 0.385. The zero-order chi connectivity index (χ0) is 14.0. The van der Waals surface area contributed by atoms with Crippen molar-refractivity contribution in [2.75, 3.05) is 11.9 Å². The van der Waals surface area contributed by atoms with Crippen molar-refractivity contribution in [2.24, 2.45) is 5.92 Å². The molecule has 2 rings (SSSR count). The average Bonchev–Trinajstić information content (AvgIpc) is 2.74. The highest BCUT2D eigenvalue weighted by Crippen LogP contribution is 2.25. The number of carboxylic acids is 1. The molecule has 19 heavy (non-hydrogen) atoms. The summed E-state index contributed by atoms with van der Waals surface area (Å²) in [5.74, 6) is -0.956. The molecule has 1 fully saturated rings. The normalized spacial score (nSPS) is 22.3. The highest BCUT2D eigenvalue weighted by Gasteiger charge is 2.39. The Hall–Kier alpha value is -1.31. The molecule has 1 saturated heterocycles. The van der Waals surface area contributed by atoms with Crippen molar-refractivity contribution in [3.63, 3.8) is 0 Å². The van der Waals surface area contributed by atoms with Gasteiger partial charge in [0.1, 0.15) is 6.04 Å². The first-order valence-corrected chi connectivity index (χ1v) is 7.13. The topological polar surface area (TPSA) is 69.6 Å². The Labute approximate surface area is 125 Å². The molecule has 2 amide bonds. The van der Waals surface area contributed by atoms with E-state index < -0.39 is 12.0 Å². The quantitative estimate of drug-likeness (QED) is 0.782. The summed E-state index contributed by atoms with van der Waals surface area (Å²) < 4.78 is 1.08. The number of nitrogens with zero attached hydrogens (tertiary/aromatic N) is 1. The third kappa shape index (κ3) is 3.17. The molecule has 5 nitrogen and oxygen atoms in total. The highest BCUT2D eigenvalue weighted by atomic mass is 127. The third-order valence-corrected chi connectivity index (χ3v) is 4.03. The van der Waals surface area contributed by atoms with Crippen LogP contribution in [0.4, 0.5) is 10.5 Å². The molecule has 2 N–H and O–H groups in total. The minimum absolute atomic E-state index is 0.0139. The first kappa shape index (κ1) is 14.1. The lowest BCUT2D eigenvalue weighted by molar-refractivity contribution is -0.142. The monoisotopic (exact) mass is 374 g/mol. The maximum absolute atomic E-state index is 12.1. The average molecular weight is 374 g/mol. The molecule has 0 saturated carbocycles. The van der Waals surface area contributed by atoms with Crippen molar-refractivity contribution >= 4 is 40.3 Å². The first-order chi connectivity index (χ1) is 8.99. The molecule has 0 aromatic heterocycles. The molecule has 1 aromatic carbocycles. The molecule has 0 spiro atoms. The van der Waals surface area contributed by atoms with E-state index in [0.717, 1.165) is 9.99 Å². The van der Waals surface area contributed by atoms with E-state index in [-0.39, 0.29) is 11.9 Å². The molecule has 6 heteroatoms. The second-order valence-electron chi connectivity index (χ2n) is 4.68. The van der Waals surface area contributed by atoms with Gasteiger partial charge in [-0.15, -0.1) is 0 Å². The molecule has 1 heterocycles. The third-order valence-electron chi connectivity index (χ3n) is 3.31. The van der Waals surface area contributed by atoms with Gasteiger partial charge in [0.05, 0.1) is 0 Å². The van der Waals surface area contributed by atoms with E-state index in [9.17, 15) is 14.7 Å². The Morgan fingerprint density at radius 2 is 2.00 bits per heavy atom. The predicted molar refractivity (Wildman–Crippen MR) is 80.1 cm³/mol. The number of urea groups is 1. The maximum Gasteiger partial charge on any atom is 0.326 e. The van der Waals surface area contributed by atoms with Crippen LogP contribution in [-0.2, 0) is 4.79 Å². The van der Waals surface area contributed by atoms with Crippen LogP contribution in [0.5, 0.6) is 0 Å². The molecule has 0 bridgehead atoms. The number of anilines is 1. The fourth-order valence-electron chi connectivity index (χ4n) is 2.28. The van der Waals surface area contributed by atoms with E-state index in [4.69, 9.17) is 0 Å². The number of carbonyl (C=O) groups excluding carboxylic acids is 1. The zero-order valence-corrected chi connectivity index (χ0v) is 12.6. The van der Waals surface area contributed by atoms with Gasteiger partial charge in [-0.05, 0) is 59.2 Å². The second-order valence-corrected chi connectivity index (χ2v) is 5.93. The minimum Gasteiger partial charge on any atom is -0.480 e. The van der Waals surface area contributed by atoms with Gasteiger partial charge in [0.15, 0.2) is 0 Å². The SMILES string of the molecule is CC1CCN(C(=O)Nc2ccc(I)cc2)C1C(=O)O. The van der Waals surface area contributed by atoms with Crippen LogP contribution in [0.25, 0.3) is 0 Å². The Balaban J connectivity index is 2.07. The van der Waals surface area contributed by atoms with Crippen LogP contribution in [-0.4, -0.2) is 34.6 Å². The van der Waals surface area contributed by atoms with Crippen LogP contribution in [0, 0.1) is 9.49 Å². The van der Waals surface area contributed by atoms with Gasteiger partial charge in [-0.25, -0.2) is 9.59 Å². The van der Waals surface area contributed by atoms with E-state index in [1.54, 1.807) is 12.1 Å². The van der Waals surface area contributed by atoms with Gasteiger partial charge in [-0.1, -0.05) is 6.92 Å². The van der Waals surface area contributed by atoms with Gasteiger partial charge in [0, 0.05) is 15.8 Å². The van der Waals surface area contributed by atoms with Crippen LogP contribution < -0.4 is 5.32 Å². The number of amides is 2. The zero-order valence-electron chi connectivity index (χ0n) is 10.5. The molecule has 2 unspecified atom stereocenters. The van der Waals surface area contributed by atoms with E-state index in [2.05, 4.69) is 27.9 Å². The molecule has 1 aliphatic rings. The second kappa shape index (κ2) is 5.77. The summed E-state index contributed by atoms with van der Waals surface area (Å²) in [7, 11) is 0. The van der Waals surface area contributed by atoms with Crippen molar-refractivity contribution in [1.29, 1.82) is 0 Å². The molecule has 2 atom stereocenters. The summed E-state index contributed by atoms with van der Waals surface area (Å²) in [6, 6.07) is 6.29. The molecule has 0 aliphatic carbocycles. The lowest BCUT2D eigenvalue weighted by Crippen LogP contribution is -2.44. The van der Waals surface area contributed by atoms with E-state index in [1.807, 2.05) is 19.1 Å². The van der Waals surface area contributed by atoms with Crippen LogP contribution in [0.1, 0.15) is 13.3 Å². The summed E-state index contributed by atoms with van der Waals surface area (Å²) in [5, 5.41) is 11.9. The number of hydrogen-bond donors (Lipinski definition) is 2. The summed E-state index contributed by atoms with van der Waals surface area (Å²) in [6.45, 7) is 2.34. The molecule has 1 aliphatic heterocycles. The van der Waals surface area contributed by atoms with Crippen molar-refractivity contribution in [2.45, 2.75) is 19.4 Å². The summed E-state index contributed by atoms with van der Waals surface area (Å²) in [4.78, 5) is 24.7. The fourth-order valence-corrected chi connectivity index (χ4v) is 2.64. The molecule has 1 aromatic rings. The van der Waals surface area contributed by atoms with E-state index in [1.165, 1.54) is 4.90 Å². The van der Waals surface area contributed by atoms with Gasteiger partial charge in [-0.2, -0.15) is 0 Å². The number of carboxylic acid groups (broad SMARTS) is 1. The number of hydrogen-bond acceptors (Lipinski definition) is 2. The van der Waals surface area contributed by atoms with Gasteiger partial charge in [0.25, 0.3) is 0 Å². The van der Waals surface area contributed by atoms with Crippen molar-refractivity contribution in [3.05, 3.63) is 27.8 Å². The smallest absolute Gasteiger partial charge is 0.326 e. The standard InChI is InChI=1S/C13H15IN2O3/c1-8-6-7-16(11(8)12(17)18)13(19)15-10-4-2-9(14)3-5-10/h2-5,8,11H,6-7H2,1H3,(H,15,19)(H,17,18). The molecular weight excluding hydrogens is 359 g/mol. The highest BCUT2D eigenvalue weighted by molar-refractivity contribution is 14.1. The van der Waals surface area contributed by atoms with Gasteiger partial charge in [-0.3, -0.25) is 0 Å². The summed E-state index contributed by atoms with van der Waals surface area (Å²) >= 11 is 2.18. The number of halogens is 1. The van der Waals surface area contributed by atoms with E-state index >= 15 is 0 Å². The number of likely N-dealkylation sites (tertiary alicyclic amines) is 1. The van der Waals surface area contributed by atoms with Crippen LogP contribution in [0.15, 0.2) is 24.3 Å². The number of carbonyl (C=O) groups is 2. The minimum atomic E-state index is -0.942. The Morgan fingerprint density at radius 3 is 2.58 bits per heavy atom. The molecular formula is C13H15IN2O3. The molecule has 0 radical (unpaired) electrons. The summed E-state index contributed by atoms with van der Waals surface area (Å²) in [5.41, 5.74) is 0.675. The van der Waals surface area contributed by atoms with Crippen molar-refractivity contribution in [3.8, 4) is 0 Å². The Bertz CT molecular complexity index is 489. The van der Waals surface area contributed by atoms with Gasteiger partial charge in [0.2, 0.25) is 0 Å². The van der Waals surface area contributed by atoms with Gasteiger partial charge < -0.3 is 15.3 Å². The number of nitrogens with one attached hydrogen (secondary N) is 1. The molecule has 102 valence electrons. The van der Waals surface area contributed by atoms with E-state index in [0.29, 0.717) is 12.2 Å². The van der Waals surface area contributed by atoms with Crippen LogP contribution in [0.3, 0.4) is 0 Å². The number of benzene rings is 1. The first-order valence-electron chi connectivity index (χ1n) is 6.05. The predicted octanol–water partition coefficient (Wildman–Crippen LogP) is 2.62. The van der Waals surface area contributed by atoms with Crippen LogP contribution >= 0.6 is 22.6 Å². The van der Waals surface area contributed by atoms with Gasteiger partial charge >= 0.3 is 12.0 Å². The number of rotatable bonds is 2. The Morgan fingerprint density at radius 1 is 1.37 bits per heavy atom. The van der Waals surface area contributed by atoms with Crippen molar-refractivity contribution < 1.29 is 14.7 Å². The Kier molecular flexibility index (Phi) is 4.28. The lowest BCUT2D eigenvalue weighted by atomic mass is 10.0.